The Balaban J connectivity index is 1.85. The summed E-state index contributed by atoms with van der Waals surface area (Å²) < 4.78 is 27.9. The molecule has 2 aromatic rings. The SMILES string of the molecule is NC(=O)NCC1CCCc2cc(Sc3cccc(F)c3)cc(F)c21. The van der Waals surface area contributed by atoms with Gasteiger partial charge >= 0.3 is 6.03 Å². The third-order valence-electron chi connectivity index (χ3n) is 4.15. The van der Waals surface area contributed by atoms with Gasteiger partial charge in [0.15, 0.2) is 0 Å². The highest BCUT2D eigenvalue weighted by molar-refractivity contribution is 7.99. The van der Waals surface area contributed by atoms with E-state index in [2.05, 4.69) is 5.32 Å². The molecule has 0 saturated carbocycles. The number of urea groups is 1. The molecule has 0 heterocycles. The Kier molecular flexibility index (Phi) is 5.04. The molecule has 3 rings (SSSR count). The first-order valence-corrected chi connectivity index (χ1v) is 8.63. The van der Waals surface area contributed by atoms with Crippen molar-refractivity contribution in [2.45, 2.75) is 35.0 Å². The second-order valence-electron chi connectivity index (χ2n) is 5.87. The van der Waals surface area contributed by atoms with E-state index in [1.807, 2.05) is 6.07 Å². The van der Waals surface area contributed by atoms with Crippen LogP contribution in [0, 0.1) is 11.6 Å². The Hall–Kier alpha value is -2.08. The number of hydrogen-bond acceptors (Lipinski definition) is 2. The molecule has 2 amide bonds. The number of fused-ring (bicyclic) bond motifs is 1. The number of amides is 2. The largest absolute Gasteiger partial charge is 0.352 e. The number of halogens is 2. The molecule has 1 atom stereocenters. The topological polar surface area (TPSA) is 55.1 Å². The number of nitrogens with two attached hydrogens (primary N) is 1. The maximum absolute atomic E-state index is 14.7. The van der Waals surface area contributed by atoms with Crippen molar-refractivity contribution in [2.75, 3.05) is 6.54 Å². The van der Waals surface area contributed by atoms with E-state index in [4.69, 9.17) is 5.73 Å². The van der Waals surface area contributed by atoms with Crippen LogP contribution in [-0.4, -0.2) is 12.6 Å². The molecule has 0 radical (unpaired) electrons. The van der Waals surface area contributed by atoms with E-state index >= 15 is 0 Å². The van der Waals surface area contributed by atoms with E-state index < -0.39 is 6.03 Å². The lowest BCUT2D eigenvalue weighted by atomic mass is 9.82. The second kappa shape index (κ2) is 7.21. The molecule has 1 unspecified atom stereocenters. The molecular weight excluding hydrogens is 330 g/mol. The number of benzene rings is 2. The van der Waals surface area contributed by atoms with Gasteiger partial charge in [-0.3, -0.25) is 0 Å². The number of carbonyl (C=O) groups excluding carboxylic acids is 1. The molecule has 1 aliphatic carbocycles. The predicted octanol–water partition coefficient (Wildman–Crippen LogP) is 4.20. The lowest BCUT2D eigenvalue weighted by Crippen LogP contribution is -2.34. The van der Waals surface area contributed by atoms with Gasteiger partial charge in [0, 0.05) is 22.3 Å². The smallest absolute Gasteiger partial charge is 0.312 e. The summed E-state index contributed by atoms with van der Waals surface area (Å²) in [6.07, 6.45) is 2.56. The van der Waals surface area contributed by atoms with Crippen LogP contribution in [0.25, 0.3) is 0 Å². The average Bonchev–Trinajstić information content (AvgIpc) is 2.52. The molecule has 126 valence electrons. The van der Waals surface area contributed by atoms with Crippen molar-refractivity contribution in [3.63, 3.8) is 0 Å². The highest BCUT2D eigenvalue weighted by Crippen LogP contribution is 2.37. The first-order valence-electron chi connectivity index (χ1n) is 7.82. The van der Waals surface area contributed by atoms with Crippen molar-refractivity contribution in [1.29, 1.82) is 0 Å². The highest BCUT2D eigenvalue weighted by atomic mass is 32.2. The van der Waals surface area contributed by atoms with E-state index in [1.165, 1.54) is 30.0 Å². The third-order valence-corrected chi connectivity index (χ3v) is 5.11. The van der Waals surface area contributed by atoms with Gasteiger partial charge in [0.2, 0.25) is 0 Å². The fourth-order valence-corrected chi connectivity index (χ4v) is 4.10. The lowest BCUT2D eigenvalue weighted by molar-refractivity contribution is 0.247. The standard InChI is InChI=1S/C18H18F2N2OS/c19-13-5-2-6-14(8-13)24-15-7-11-3-1-4-12(10-22-18(21)23)17(11)16(20)9-15/h2,5-9,12H,1,3-4,10H2,(H3,21,22,23). The molecule has 24 heavy (non-hydrogen) atoms. The van der Waals surface area contributed by atoms with Crippen molar-refractivity contribution < 1.29 is 13.6 Å². The molecule has 6 heteroatoms. The van der Waals surface area contributed by atoms with Crippen LogP contribution in [0.3, 0.4) is 0 Å². The summed E-state index contributed by atoms with van der Waals surface area (Å²) in [5.41, 5.74) is 6.73. The quantitative estimate of drug-likeness (QED) is 0.870. The van der Waals surface area contributed by atoms with E-state index in [9.17, 15) is 13.6 Å². The number of carbonyl (C=O) groups is 1. The average molecular weight is 348 g/mol. The third kappa shape index (κ3) is 3.87. The molecule has 1 aliphatic rings. The monoisotopic (exact) mass is 348 g/mol. The Morgan fingerprint density at radius 3 is 2.83 bits per heavy atom. The molecule has 0 bridgehead atoms. The summed E-state index contributed by atoms with van der Waals surface area (Å²) in [5.74, 6) is -0.645. The van der Waals surface area contributed by atoms with E-state index in [-0.39, 0.29) is 17.6 Å². The van der Waals surface area contributed by atoms with Crippen LogP contribution in [0.15, 0.2) is 46.2 Å². The highest BCUT2D eigenvalue weighted by Gasteiger charge is 2.24. The predicted molar refractivity (Wildman–Crippen MR) is 90.2 cm³/mol. The fourth-order valence-electron chi connectivity index (χ4n) is 3.15. The Morgan fingerprint density at radius 1 is 1.25 bits per heavy atom. The summed E-state index contributed by atoms with van der Waals surface area (Å²) in [5, 5.41) is 2.57. The molecule has 3 N–H and O–H groups in total. The summed E-state index contributed by atoms with van der Waals surface area (Å²) in [6, 6.07) is 9.10. The zero-order valence-corrected chi connectivity index (χ0v) is 13.8. The number of hydrogen-bond donors (Lipinski definition) is 2. The molecule has 0 aromatic heterocycles. The van der Waals surface area contributed by atoms with Crippen LogP contribution >= 0.6 is 11.8 Å². The first kappa shape index (κ1) is 16.8. The van der Waals surface area contributed by atoms with Gasteiger partial charge in [-0.2, -0.15) is 0 Å². The zero-order valence-electron chi connectivity index (χ0n) is 13.0. The Morgan fingerprint density at radius 2 is 2.08 bits per heavy atom. The van der Waals surface area contributed by atoms with Gasteiger partial charge in [0.05, 0.1) is 0 Å². The van der Waals surface area contributed by atoms with E-state index in [1.54, 1.807) is 12.1 Å². The molecule has 2 aromatic carbocycles. The van der Waals surface area contributed by atoms with E-state index in [0.717, 1.165) is 34.6 Å². The van der Waals surface area contributed by atoms with Crippen molar-refractivity contribution in [1.82, 2.24) is 5.32 Å². The molecule has 0 fully saturated rings. The molecule has 3 nitrogen and oxygen atoms in total. The minimum Gasteiger partial charge on any atom is -0.352 e. The lowest BCUT2D eigenvalue weighted by Gasteiger charge is -2.26. The minimum atomic E-state index is -0.596. The van der Waals surface area contributed by atoms with E-state index in [0.29, 0.717) is 12.1 Å². The zero-order chi connectivity index (χ0) is 17.1. The second-order valence-corrected chi connectivity index (χ2v) is 7.02. The first-order chi connectivity index (χ1) is 11.5. The summed E-state index contributed by atoms with van der Waals surface area (Å²) in [7, 11) is 0. The fraction of sp³-hybridized carbons (Fsp3) is 0.278. The van der Waals surface area contributed by atoms with Gasteiger partial charge in [-0.05, 0) is 60.7 Å². The van der Waals surface area contributed by atoms with Gasteiger partial charge in [0.1, 0.15) is 11.6 Å². The summed E-state index contributed by atoms with van der Waals surface area (Å²) in [4.78, 5) is 12.4. The molecule has 0 saturated heterocycles. The molecular formula is C18H18F2N2OS. The van der Waals surface area contributed by atoms with Crippen molar-refractivity contribution in [2.24, 2.45) is 5.73 Å². The number of rotatable bonds is 4. The summed E-state index contributed by atoms with van der Waals surface area (Å²) in [6.45, 7) is 0.343. The van der Waals surface area contributed by atoms with Gasteiger partial charge in [0.25, 0.3) is 0 Å². The van der Waals surface area contributed by atoms with Crippen LogP contribution in [0.5, 0.6) is 0 Å². The van der Waals surface area contributed by atoms with Gasteiger partial charge in [-0.25, -0.2) is 13.6 Å². The number of aryl methyl sites for hydroxylation is 1. The maximum atomic E-state index is 14.7. The van der Waals surface area contributed by atoms with Crippen LogP contribution < -0.4 is 11.1 Å². The van der Waals surface area contributed by atoms with Crippen LogP contribution in [0.2, 0.25) is 0 Å². The number of primary amides is 1. The van der Waals surface area contributed by atoms with Crippen molar-refractivity contribution >= 4 is 17.8 Å². The normalized spacial score (nSPS) is 16.5. The number of nitrogens with one attached hydrogen (secondary N) is 1. The molecule has 0 spiro atoms. The van der Waals surface area contributed by atoms with Crippen molar-refractivity contribution in [3.8, 4) is 0 Å². The van der Waals surface area contributed by atoms with Gasteiger partial charge in [-0.15, -0.1) is 0 Å². The van der Waals surface area contributed by atoms with Crippen LogP contribution in [0.4, 0.5) is 13.6 Å². The minimum absolute atomic E-state index is 0.0607. The summed E-state index contributed by atoms with van der Waals surface area (Å²) >= 11 is 1.34. The van der Waals surface area contributed by atoms with Gasteiger partial charge in [-0.1, -0.05) is 17.8 Å². The van der Waals surface area contributed by atoms with Crippen LogP contribution in [-0.2, 0) is 6.42 Å². The molecule has 0 aliphatic heterocycles. The van der Waals surface area contributed by atoms with Gasteiger partial charge < -0.3 is 11.1 Å². The Labute approximate surface area is 143 Å². The van der Waals surface area contributed by atoms with Crippen molar-refractivity contribution in [3.05, 3.63) is 59.2 Å². The maximum Gasteiger partial charge on any atom is 0.312 e. The van der Waals surface area contributed by atoms with Crippen LogP contribution in [0.1, 0.15) is 29.9 Å². The Bertz CT molecular complexity index is 767.